The van der Waals surface area contributed by atoms with Gasteiger partial charge in [-0.15, -0.1) is 5.10 Å². The number of hydrogen-bond donors (Lipinski definition) is 1. The first-order valence-electron chi connectivity index (χ1n) is 9.15. The zero-order valence-corrected chi connectivity index (χ0v) is 16.3. The Hall–Kier alpha value is -4.02. The number of hydrogen-bond acceptors (Lipinski definition) is 8. The van der Waals surface area contributed by atoms with E-state index in [0.29, 0.717) is 12.4 Å². The van der Waals surface area contributed by atoms with Crippen LogP contribution >= 0.6 is 0 Å². The first-order valence-corrected chi connectivity index (χ1v) is 9.15. The Balaban J connectivity index is 1.48. The van der Waals surface area contributed by atoms with Crippen LogP contribution in [0.4, 0.5) is 15.3 Å². The van der Waals surface area contributed by atoms with E-state index >= 15 is 0 Å². The van der Waals surface area contributed by atoms with Crippen molar-refractivity contribution < 1.29 is 19.1 Å². The van der Waals surface area contributed by atoms with Crippen LogP contribution in [-0.4, -0.2) is 63.7 Å². The second kappa shape index (κ2) is 8.15. The number of nitrogens with zero attached hydrogens (tertiary/aromatic N) is 6. The summed E-state index contributed by atoms with van der Waals surface area (Å²) in [6, 6.07) is 9.53. The Morgan fingerprint density at radius 1 is 1.30 bits per heavy atom. The number of carbonyl (C=O) groups is 2. The van der Waals surface area contributed by atoms with Crippen LogP contribution in [0, 0.1) is 6.92 Å². The molecule has 1 aliphatic heterocycles. The summed E-state index contributed by atoms with van der Waals surface area (Å²) in [4.78, 5) is 29.4. The Morgan fingerprint density at radius 3 is 2.80 bits per heavy atom. The number of aryl methyl sites for hydroxylation is 1. The van der Waals surface area contributed by atoms with Gasteiger partial charge in [-0.05, 0) is 52.7 Å². The van der Waals surface area contributed by atoms with Gasteiger partial charge in [0.15, 0.2) is 5.82 Å². The molecule has 30 heavy (non-hydrogen) atoms. The lowest BCUT2D eigenvalue weighted by Crippen LogP contribution is -2.34. The molecule has 1 aromatic carbocycles. The van der Waals surface area contributed by atoms with Gasteiger partial charge >= 0.3 is 12.2 Å². The minimum Gasteiger partial charge on any atom is -0.453 e. The summed E-state index contributed by atoms with van der Waals surface area (Å²) in [5.74, 6) is 0.614. The number of ether oxygens (including phenoxy) is 2. The van der Waals surface area contributed by atoms with Gasteiger partial charge in [0.05, 0.1) is 25.9 Å². The largest absolute Gasteiger partial charge is 0.453 e. The molecule has 1 fully saturated rings. The van der Waals surface area contributed by atoms with E-state index in [1.807, 2.05) is 37.3 Å². The van der Waals surface area contributed by atoms with Crippen molar-refractivity contribution in [1.29, 1.82) is 0 Å². The molecular weight excluding hydrogens is 390 g/mol. The van der Waals surface area contributed by atoms with Crippen LogP contribution in [-0.2, 0) is 9.47 Å². The number of alkyl carbamates (subject to hydrolysis) is 1. The van der Waals surface area contributed by atoms with Gasteiger partial charge in [0, 0.05) is 11.8 Å². The maximum Gasteiger partial charge on any atom is 0.414 e. The normalized spacial score (nSPS) is 15.7. The highest BCUT2D eigenvalue weighted by atomic mass is 16.6. The van der Waals surface area contributed by atoms with Crippen LogP contribution in [0.15, 0.2) is 42.9 Å². The second-order valence-electron chi connectivity index (χ2n) is 6.65. The summed E-state index contributed by atoms with van der Waals surface area (Å²) in [6.45, 7) is 2.45. The molecule has 1 unspecified atom stereocenters. The predicted octanol–water partition coefficient (Wildman–Crippen LogP) is 1.71. The Morgan fingerprint density at radius 2 is 2.13 bits per heavy atom. The topological polar surface area (TPSA) is 124 Å². The molecule has 0 radical (unpaired) electrons. The highest BCUT2D eigenvalue weighted by Gasteiger charge is 2.33. The minimum absolute atomic E-state index is 0.186. The van der Waals surface area contributed by atoms with E-state index < -0.39 is 18.3 Å². The lowest BCUT2D eigenvalue weighted by Gasteiger charge is -2.17. The maximum absolute atomic E-state index is 12.3. The fraction of sp³-hybridized carbons (Fsp3) is 0.263. The lowest BCUT2D eigenvalue weighted by molar-refractivity contribution is 0.132. The standard InChI is InChI=1S/C19H19N7O4/c1-12-7-13(14-4-6-17(20-8-14)26-11-22-23-24-26)3-5-16(12)25-10-15(30-19(25)28)9-21-18(27)29-2/h3-8,11,15H,9-10H2,1-2H3,(H,21,27). The summed E-state index contributed by atoms with van der Waals surface area (Å²) in [7, 11) is 1.28. The Bertz CT molecular complexity index is 1050. The van der Waals surface area contributed by atoms with E-state index in [1.54, 1.807) is 11.1 Å². The van der Waals surface area contributed by atoms with E-state index in [0.717, 1.165) is 22.4 Å². The summed E-state index contributed by atoms with van der Waals surface area (Å²) < 4.78 is 11.3. The van der Waals surface area contributed by atoms with Gasteiger partial charge in [-0.1, -0.05) is 6.07 Å². The van der Waals surface area contributed by atoms with Crippen LogP contribution < -0.4 is 10.2 Å². The van der Waals surface area contributed by atoms with Crippen molar-refractivity contribution in [3.63, 3.8) is 0 Å². The molecule has 1 saturated heterocycles. The lowest BCUT2D eigenvalue weighted by atomic mass is 10.0. The van der Waals surface area contributed by atoms with E-state index in [-0.39, 0.29) is 6.54 Å². The Kier molecular flexibility index (Phi) is 5.24. The quantitative estimate of drug-likeness (QED) is 0.675. The van der Waals surface area contributed by atoms with Crippen molar-refractivity contribution >= 4 is 17.9 Å². The van der Waals surface area contributed by atoms with Gasteiger partial charge < -0.3 is 14.8 Å². The van der Waals surface area contributed by atoms with Crippen molar-refractivity contribution in [2.45, 2.75) is 13.0 Å². The van der Waals surface area contributed by atoms with Crippen molar-refractivity contribution in [1.82, 2.24) is 30.5 Å². The van der Waals surface area contributed by atoms with Crippen molar-refractivity contribution in [2.24, 2.45) is 0 Å². The molecule has 2 aromatic heterocycles. The van der Waals surface area contributed by atoms with Crippen LogP contribution in [0.25, 0.3) is 16.9 Å². The molecule has 11 heteroatoms. The molecule has 0 aliphatic carbocycles. The molecule has 0 bridgehead atoms. The highest BCUT2D eigenvalue weighted by molar-refractivity contribution is 5.91. The number of rotatable bonds is 5. The van der Waals surface area contributed by atoms with Crippen LogP contribution in [0.3, 0.4) is 0 Å². The van der Waals surface area contributed by atoms with E-state index in [1.165, 1.54) is 18.1 Å². The maximum atomic E-state index is 12.3. The number of tetrazole rings is 1. The molecule has 3 heterocycles. The summed E-state index contributed by atoms with van der Waals surface area (Å²) in [5, 5.41) is 13.5. The third kappa shape index (κ3) is 3.90. The third-order valence-corrected chi connectivity index (χ3v) is 4.69. The molecule has 154 valence electrons. The second-order valence-corrected chi connectivity index (χ2v) is 6.65. The molecule has 1 atom stereocenters. The fourth-order valence-corrected chi connectivity index (χ4v) is 3.19. The first kappa shape index (κ1) is 19.3. The number of nitrogens with one attached hydrogen (secondary N) is 1. The predicted molar refractivity (Wildman–Crippen MR) is 105 cm³/mol. The zero-order valence-electron chi connectivity index (χ0n) is 16.3. The number of pyridine rings is 1. The van der Waals surface area contributed by atoms with E-state index in [2.05, 4.69) is 30.6 Å². The van der Waals surface area contributed by atoms with Gasteiger partial charge in [0.2, 0.25) is 0 Å². The SMILES string of the molecule is COC(=O)NCC1CN(c2ccc(-c3ccc(-n4cnnn4)nc3)cc2C)C(=O)O1. The average Bonchev–Trinajstić information content (AvgIpc) is 3.42. The molecule has 0 saturated carbocycles. The molecule has 3 aromatic rings. The summed E-state index contributed by atoms with van der Waals surface area (Å²) >= 11 is 0. The molecule has 1 aliphatic rings. The highest BCUT2D eigenvalue weighted by Crippen LogP contribution is 2.29. The summed E-state index contributed by atoms with van der Waals surface area (Å²) in [6.07, 6.45) is 1.76. The van der Waals surface area contributed by atoms with Crippen LogP contribution in [0.5, 0.6) is 0 Å². The van der Waals surface area contributed by atoms with Gasteiger partial charge in [-0.2, -0.15) is 4.68 Å². The smallest absolute Gasteiger partial charge is 0.414 e. The fourth-order valence-electron chi connectivity index (χ4n) is 3.19. The monoisotopic (exact) mass is 409 g/mol. The molecule has 2 amide bonds. The van der Waals surface area contributed by atoms with E-state index in [9.17, 15) is 9.59 Å². The van der Waals surface area contributed by atoms with Gasteiger partial charge in [-0.3, -0.25) is 4.90 Å². The van der Waals surface area contributed by atoms with Gasteiger partial charge in [0.1, 0.15) is 12.4 Å². The summed E-state index contributed by atoms with van der Waals surface area (Å²) in [5.41, 5.74) is 3.55. The van der Waals surface area contributed by atoms with Crippen molar-refractivity contribution in [3.05, 3.63) is 48.4 Å². The van der Waals surface area contributed by atoms with Crippen molar-refractivity contribution in [3.8, 4) is 16.9 Å². The number of cyclic esters (lactones) is 1. The van der Waals surface area contributed by atoms with Crippen LogP contribution in [0.1, 0.15) is 5.56 Å². The first-order chi connectivity index (χ1) is 14.5. The number of aromatic nitrogens is 5. The molecule has 0 spiro atoms. The minimum atomic E-state index is -0.565. The van der Waals surface area contributed by atoms with Crippen LogP contribution in [0.2, 0.25) is 0 Å². The molecule has 1 N–H and O–H groups in total. The van der Waals surface area contributed by atoms with Crippen molar-refractivity contribution in [2.75, 3.05) is 25.1 Å². The zero-order chi connectivity index (χ0) is 21.1. The molecular formula is C19H19N7O4. The van der Waals surface area contributed by atoms with Gasteiger partial charge in [-0.25, -0.2) is 14.6 Å². The molecule has 4 rings (SSSR count). The number of anilines is 1. The Labute approximate surface area is 171 Å². The molecule has 11 nitrogen and oxygen atoms in total. The number of amides is 2. The number of carbonyl (C=O) groups excluding carboxylic acids is 2. The third-order valence-electron chi connectivity index (χ3n) is 4.69. The van der Waals surface area contributed by atoms with Gasteiger partial charge in [0.25, 0.3) is 0 Å². The number of benzene rings is 1. The number of methoxy groups -OCH3 is 1. The average molecular weight is 409 g/mol. The van der Waals surface area contributed by atoms with E-state index in [4.69, 9.17) is 4.74 Å².